The molecule has 0 bridgehead atoms. The maximum absolute atomic E-state index is 12.5. The van der Waals surface area contributed by atoms with Crippen molar-refractivity contribution in [1.29, 1.82) is 5.26 Å². The SMILES string of the molecule is N#Cc1ccc(N2CCN(C(=O)NCc3nc4c(O)cccc4c(=O)[nH]3)CC2)cc1. The number of carbonyl (C=O) groups is 1. The van der Waals surface area contributed by atoms with Gasteiger partial charge in [-0.25, -0.2) is 9.78 Å². The number of hydrogen-bond donors (Lipinski definition) is 3. The zero-order valence-electron chi connectivity index (χ0n) is 16.1. The Hall–Kier alpha value is -4.06. The fraction of sp³-hybridized carbons (Fsp3) is 0.238. The van der Waals surface area contributed by atoms with Gasteiger partial charge in [-0.2, -0.15) is 5.26 Å². The summed E-state index contributed by atoms with van der Waals surface area (Å²) >= 11 is 0. The Morgan fingerprint density at radius 3 is 2.60 bits per heavy atom. The molecule has 1 saturated heterocycles. The number of aromatic nitrogens is 2. The largest absolute Gasteiger partial charge is 0.506 e. The fourth-order valence-electron chi connectivity index (χ4n) is 3.46. The average molecular weight is 404 g/mol. The number of phenols is 1. The maximum atomic E-state index is 12.5. The van der Waals surface area contributed by atoms with Gasteiger partial charge in [0, 0.05) is 31.9 Å². The molecule has 1 aliphatic rings. The third-order valence-electron chi connectivity index (χ3n) is 5.10. The summed E-state index contributed by atoms with van der Waals surface area (Å²) in [5.74, 6) is 0.198. The number of anilines is 1. The molecule has 2 amide bonds. The number of fused-ring (bicyclic) bond motifs is 1. The maximum Gasteiger partial charge on any atom is 0.317 e. The molecule has 2 heterocycles. The Labute approximate surface area is 172 Å². The van der Waals surface area contributed by atoms with E-state index in [1.807, 2.05) is 12.1 Å². The molecular weight excluding hydrogens is 384 g/mol. The Kier molecular flexibility index (Phi) is 5.22. The molecule has 1 aromatic heterocycles. The number of piperazine rings is 1. The van der Waals surface area contributed by atoms with Gasteiger partial charge in [-0.15, -0.1) is 0 Å². The molecule has 0 atom stereocenters. The molecular formula is C21H20N6O3. The van der Waals surface area contributed by atoms with E-state index in [1.54, 1.807) is 29.2 Å². The molecule has 3 N–H and O–H groups in total. The van der Waals surface area contributed by atoms with Crippen LogP contribution in [-0.2, 0) is 6.54 Å². The van der Waals surface area contributed by atoms with E-state index in [0.717, 1.165) is 5.69 Å². The van der Waals surface area contributed by atoms with E-state index < -0.39 is 0 Å². The first-order valence-electron chi connectivity index (χ1n) is 9.54. The number of nitrogens with zero attached hydrogens (tertiary/aromatic N) is 4. The van der Waals surface area contributed by atoms with Crippen LogP contribution in [0.1, 0.15) is 11.4 Å². The van der Waals surface area contributed by atoms with Crippen molar-refractivity contribution in [2.24, 2.45) is 0 Å². The number of benzene rings is 2. The summed E-state index contributed by atoms with van der Waals surface area (Å²) in [4.78, 5) is 35.4. The minimum absolute atomic E-state index is 0.0498. The van der Waals surface area contributed by atoms with Crippen LogP contribution in [-0.4, -0.2) is 52.2 Å². The standard InChI is InChI=1S/C21H20N6O3/c22-12-14-4-6-15(7-5-14)26-8-10-27(11-9-26)21(30)23-13-18-24-19-16(20(29)25-18)2-1-3-17(19)28/h1-7,28H,8-11,13H2,(H,23,30)(H,24,25,29). The highest BCUT2D eigenvalue weighted by atomic mass is 16.3. The smallest absolute Gasteiger partial charge is 0.317 e. The number of nitriles is 1. The first-order valence-corrected chi connectivity index (χ1v) is 9.54. The zero-order chi connectivity index (χ0) is 21.1. The van der Waals surface area contributed by atoms with Crippen molar-refractivity contribution in [1.82, 2.24) is 20.2 Å². The topological polar surface area (TPSA) is 125 Å². The second-order valence-electron chi connectivity index (χ2n) is 6.98. The molecule has 3 aromatic rings. The number of aromatic hydroxyl groups is 1. The van der Waals surface area contributed by atoms with Gasteiger partial charge >= 0.3 is 6.03 Å². The van der Waals surface area contributed by atoms with Crippen LogP contribution in [0, 0.1) is 11.3 Å². The van der Waals surface area contributed by atoms with Gasteiger partial charge in [0.15, 0.2) is 0 Å². The lowest BCUT2D eigenvalue weighted by atomic mass is 10.2. The number of rotatable bonds is 3. The minimum Gasteiger partial charge on any atom is -0.506 e. The molecule has 0 aliphatic carbocycles. The molecule has 0 unspecified atom stereocenters. The number of para-hydroxylation sites is 1. The summed E-state index contributed by atoms with van der Waals surface area (Å²) in [5, 5.41) is 21.9. The van der Waals surface area contributed by atoms with Gasteiger partial charge in [0.25, 0.3) is 5.56 Å². The molecule has 0 saturated carbocycles. The second kappa shape index (κ2) is 8.13. The number of amides is 2. The quantitative estimate of drug-likeness (QED) is 0.608. The number of carbonyl (C=O) groups excluding carboxylic acids is 1. The first-order chi connectivity index (χ1) is 14.5. The lowest BCUT2D eigenvalue weighted by Gasteiger charge is -2.36. The van der Waals surface area contributed by atoms with E-state index >= 15 is 0 Å². The highest BCUT2D eigenvalue weighted by Gasteiger charge is 2.21. The summed E-state index contributed by atoms with van der Waals surface area (Å²) in [6.45, 7) is 2.51. The molecule has 9 heteroatoms. The third kappa shape index (κ3) is 3.89. The van der Waals surface area contributed by atoms with Crippen molar-refractivity contribution in [3.8, 4) is 11.8 Å². The van der Waals surface area contributed by atoms with Crippen LogP contribution >= 0.6 is 0 Å². The van der Waals surface area contributed by atoms with E-state index in [0.29, 0.717) is 37.1 Å². The predicted molar refractivity (Wildman–Crippen MR) is 111 cm³/mol. The summed E-state index contributed by atoms with van der Waals surface area (Å²) in [6, 6.07) is 13.9. The number of H-pyrrole nitrogens is 1. The van der Waals surface area contributed by atoms with Crippen molar-refractivity contribution < 1.29 is 9.90 Å². The second-order valence-corrected chi connectivity index (χ2v) is 6.98. The first kappa shape index (κ1) is 19.3. The van der Waals surface area contributed by atoms with Gasteiger partial charge in [0.2, 0.25) is 0 Å². The molecule has 4 rings (SSSR count). The van der Waals surface area contributed by atoms with E-state index in [2.05, 4.69) is 26.3 Å². The summed E-state index contributed by atoms with van der Waals surface area (Å²) in [5.41, 5.74) is 1.48. The van der Waals surface area contributed by atoms with E-state index in [-0.39, 0.29) is 35.2 Å². The normalized spacial score (nSPS) is 13.8. The highest BCUT2D eigenvalue weighted by Crippen LogP contribution is 2.19. The number of urea groups is 1. The van der Waals surface area contributed by atoms with Crippen LogP contribution in [0.5, 0.6) is 5.75 Å². The number of nitrogens with one attached hydrogen (secondary N) is 2. The Bertz CT molecular complexity index is 1170. The Balaban J connectivity index is 1.35. The van der Waals surface area contributed by atoms with Crippen molar-refractivity contribution in [2.45, 2.75) is 6.54 Å². The Morgan fingerprint density at radius 1 is 1.17 bits per heavy atom. The van der Waals surface area contributed by atoms with Gasteiger partial charge in [-0.1, -0.05) is 6.07 Å². The van der Waals surface area contributed by atoms with Crippen LogP contribution in [0.15, 0.2) is 47.3 Å². The van der Waals surface area contributed by atoms with E-state index in [1.165, 1.54) is 6.07 Å². The van der Waals surface area contributed by atoms with Gasteiger partial charge in [-0.05, 0) is 36.4 Å². The molecule has 0 spiro atoms. The van der Waals surface area contributed by atoms with Gasteiger partial charge < -0.3 is 25.2 Å². The monoisotopic (exact) mass is 404 g/mol. The van der Waals surface area contributed by atoms with Gasteiger partial charge in [-0.3, -0.25) is 4.79 Å². The molecule has 30 heavy (non-hydrogen) atoms. The van der Waals surface area contributed by atoms with Crippen LogP contribution in [0.3, 0.4) is 0 Å². The van der Waals surface area contributed by atoms with Crippen molar-refractivity contribution in [3.05, 3.63) is 64.2 Å². The molecule has 1 aliphatic heterocycles. The lowest BCUT2D eigenvalue weighted by molar-refractivity contribution is 0.193. The van der Waals surface area contributed by atoms with Gasteiger partial charge in [0.1, 0.15) is 17.1 Å². The predicted octanol–water partition coefficient (Wildman–Crippen LogP) is 1.53. The zero-order valence-corrected chi connectivity index (χ0v) is 16.1. The molecule has 2 aromatic carbocycles. The van der Waals surface area contributed by atoms with Crippen molar-refractivity contribution in [3.63, 3.8) is 0 Å². The average Bonchev–Trinajstić information content (AvgIpc) is 2.78. The van der Waals surface area contributed by atoms with Crippen molar-refractivity contribution >= 4 is 22.6 Å². The van der Waals surface area contributed by atoms with Crippen LogP contribution in [0.4, 0.5) is 10.5 Å². The van der Waals surface area contributed by atoms with Crippen LogP contribution in [0.2, 0.25) is 0 Å². The summed E-state index contributed by atoms with van der Waals surface area (Å²) in [6.07, 6.45) is 0. The van der Waals surface area contributed by atoms with Crippen LogP contribution in [0.25, 0.3) is 10.9 Å². The highest BCUT2D eigenvalue weighted by molar-refractivity contribution is 5.83. The minimum atomic E-state index is -0.365. The van der Waals surface area contributed by atoms with Crippen LogP contribution < -0.4 is 15.8 Å². The molecule has 1 fully saturated rings. The molecule has 152 valence electrons. The number of hydrogen-bond acceptors (Lipinski definition) is 6. The van der Waals surface area contributed by atoms with Crippen molar-refractivity contribution in [2.75, 3.05) is 31.1 Å². The summed E-state index contributed by atoms with van der Waals surface area (Å²) in [7, 11) is 0. The van der Waals surface area contributed by atoms with E-state index in [4.69, 9.17) is 5.26 Å². The molecule has 0 radical (unpaired) electrons. The van der Waals surface area contributed by atoms with Gasteiger partial charge in [0.05, 0.1) is 23.6 Å². The number of aromatic amines is 1. The van der Waals surface area contributed by atoms with E-state index in [9.17, 15) is 14.7 Å². The number of phenolic OH excluding ortho intramolecular Hbond substituents is 1. The lowest BCUT2D eigenvalue weighted by Crippen LogP contribution is -2.51. The third-order valence-corrected chi connectivity index (χ3v) is 5.10. The molecule has 9 nitrogen and oxygen atoms in total. The summed E-state index contributed by atoms with van der Waals surface area (Å²) < 4.78 is 0. The Morgan fingerprint density at radius 2 is 1.90 bits per heavy atom. The fourth-order valence-corrected chi connectivity index (χ4v) is 3.46.